The van der Waals surface area contributed by atoms with E-state index in [1.54, 1.807) is 4.90 Å². The molecular formula is C21H33NO3. The summed E-state index contributed by atoms with van der Waals surface area (Å²) in [7, 11) is 0. The van der Waals surface area contributed by atoms with E-state index in [0.29, 0.717) is 13.1 Å². The lowest BCUT2D eigenvalue weighted by atomic mass is 9.98. The van der Waals surface area contributed by atoms with Crippen molar-refractivity contribution in [3.8, 4) is 5.75 Å². The summed E-state index contributed by atoms with van der Waals surface area (Å²) in [5, 5.41) is 0. The van der Waals surface area contributed by atoms with Crippen LogP contribution in [0.5, 0.6) is 5.75 Å². The summed E-state index contributed by atoms with van der Waals surface area (Å²) < 4.78 is 11.3. The summed E-state index contributed by atoms with van der Waals surface area (Å²) in [5.41, 5.74) is 1.88. The fraction of sp³-hybridized carbons (Fsp3) is 0.571. The van der Waals surface area contributed by atoms with E-state index in [1.807, 2.05) is 66.7 Å². The predicted molar refractivity (Wildman–Crippen MR) is 104 cm³/mol. The third-order valence-electron chi connectivity index (χ3n) is 3.46. The number of carbonyl (C=O) groups is 1. The molecule has 0 unspecified atom stereocenters. The second kappa shape index (κ2) is 9.50. The number of para-hydroxylation sites is 1. The Kier molecular flexibility index (Phi) is 8.01. The van der Waals surface area contributed by atoms with Crippen LogP contribution in [0.3, 0.4) is 0 Å². The van der Waals surface area contributed by atoms with Crippen molar-refractivity contribution >= 4 is 11.7 Å². The first-order valence-corrected chi connectivity index (χ1v) is 9.19. The SMILES string of the molecule is CC.CC(C)Oc1ccccc1C1=CCN(C(=O)OC(C)(C)C)CC1. The van der Waals surface area contributed by atoms with Crippen molar-refractivity contribution in [3.05, 3.63) is 35.9 Å². The van der Waals surface area contributed by atoms with Gasteiger partial charge in [0.15, 0.2) is 0 Å². The fourth-order valence-electron chi connectivity index (χ4n) is 2.49. The van der Waals surface area contributed by atoms with Gasteiger partial charge >= 0.3 is 6.09 Å². The van der Waals surface area contributed by atoms with Gasteiger partial charge in [-0.05, 0) is 52.7 Å². The van der Waals surface area contributed by atoms with E-state index >= 15 is 0 Å². The van der Waals surface area contributed by atoms with Crippen molar-refractivity contribution in [2.75, 3.05) is 13.1 Å². The molecule has 1 aliphatic rings. The highest BCUT2D eigenvalue weighted by molar-refractivity contribution is 5.75. The molecule has 0 fully saturated rings. The maximum absolute atomic E-state index is 12.1. The molecule has 0 spiro atoms. The normalized spacial score (nSPS) is 14.4. The van der Waals surface area contributed by atoms with Crippen LogP contribution < -0.4 is 4.74 Å². The summed E-state index contributed by atoms with van der Waals surface area (Å²) in [6.45, 7) is 14.9. The van der Waals surface area contributed by atoms with E-state index in [4.69, 9.17) is 9.47 Å². The van der Waals surface area contributed by atoms with Crippen LogP contribution in [0.25, 0.3) is 5.57 Å². The van der Waals surface area contributed by atoms with Crippen molar-refractivity contribution in [1.82, 2.24) is 4.90 Å². The Hall–Kier alpha value is -1.97. The molecule has 0 aromatic heterocycles. The molecule has 1 aromatic carbocycles. The maximum Gasteiger partial charge on any atom is 0.410 e. The van der Waals surface area contributed by atoms with Gasteiger partial charge in [0.2, 0.25) is 0 Å². The van der Waals surface area contributed by atoms with Crippen molar-refractivity contribution in [1.29, 1.82) is 0 Å². The van der Waals surface area contributed by atoms with Gasteiger partial charge < -0.3 is 14.4 Å². The van der Waals surface area contributed by atoms with E-state index in [1.165, 1.54) is 5.57 Å². The average Bonchev–Trinajstić information content (AvgIpc) is 2.55. The van der Waals surface area contributed by atoms with Gasteiger partial charge in [-0.15, -0.1) is 0 Å². The lowest BCUT2D eigenvalue weighted by Gasteiger charge is -2.30. The van der Waals surface area contributed by atoms with Crippen LogP contribution in [-0.2, 0) is 4.74 Å². The average molecular weight is 347 g/mol. The van der Waals surface area contributed by atoms with Crippen LogP contribution in [-0.4, -0.2) is 35.8 Å². The third kappa shape index (κ3) is 6.81. The van der Waals surface area contributed by atoms with Crippen molar-refractivity contribution in [2.45, 2.75) is 66.6 Å². The van der Waals surface area contributed by atoms with Gasteiger partial charge in [-0.3, -0.25) is 0 Å². The number of benzene rings is 1. The van der Waals surface area contributed by atoms with Gasteiger partial charge in [0.1, 0.15) is 11.4 Å². The van der Waals surface area contributed by atoms with E-state index in [9.17, 15) is 4.79 Å². The zero-order chi connectivity index (χ0) is 19.0. The molecule has 1 aromatic rings. The lowest BCUT2D eigenvalue weighted by Crippen LogP contribution is -2.39. The molecule has 1 heterocycles. The summed E-state index contributed by atoms with van der Waals surface area (Å²) in [5.74, 6) is 0.902. The molecule has 0 saturated heterocycles. The summed E-state index contributed by atoms with van der Waals surface area (Å²) in [6.07, 6.45) is 2.78. The Labute approximate surface area is 152 Å². The zero-order valence-corrected chi connectivity index (χ0v) is 16.8. The number of ether oxygens (including phenoxy) is 2. The van der Waals surface area contributed by atoms with Gasteiger partial charge in [-0.1, -0.05) is 38.1 Å². The second-order valence-electron chi connectivity index (χ2n) is 7.07. The second-order valence-corrected chi connectivity index (χ2v) is 7.07. The summed E-state index contributed by atoms with van der Waals surface area (Å²) in [4.78, 5) is 13.9. The van der Waals surface area contributed by atoms with Crippen molar-refractivity contribution in [3.63, 3.8) is 0 Å². The van der Waals surface area contributed by atoms with Crippen LogP contribution >= 0.6 is 0 Å². The van der Waals surface area contributed by atoms with Gasteiger partial charge in [0.05, 0.1) is 6.10 Å². The highest BCUT2D eigenvalue weighted by Gasteiger charge is 2.24. The number of rotatable bonds is 3. The van der Waals surface area contributed by atoms with E-state index < -0.39 is 5.60 Å². The highest BCUT2D eigenvalue weighted by atomic mass is 16.6. The Balaban J connectivity index is 0.00000151. The largest absolute Gasteiger partial charge is 0.490 e. The highest BCUT2D eigenvalue weighted by Crippen LogP contribution is 2.31. The molecule has 1 amide bonds. The molecule has 4 heteroatoms. The first kappa shape index (κ1) is 21.1. The maximum atomic E-state index is 12.1. The number of nitrogens with zero attached hydrogens (tertiary/aromatic N) is 1. The third-order valence-corrected chi connectivity index (χ3v) is 3.46. The Morgan fingerprint density at radius 3 is 2.32 bits per heavy atom. The minimum absolute atomic E-state index is 0.138. The molecule has 0 atom stereocenters. The molecular weight excluding hydrogens is 314 g/mol. The minimum atomic E-state index is -0.460. The molecule has 0 radical (unpaired) electrons. The fourth-order valence-corrected chi connectivity index (χ4v) is 2.49. The predicted octanol–water partition coefficient (Wildman–Crippen LogP) is 5.52. The number of carbonyl (C=O) groups excluding carboxylic acids is 1. The first-order chi connectivity index (χ1) is 11.8. The standard InChI is InChI=1S/C19H27NO3.C2H6/c1-14(2)22-17-9-7-6-8-16(17)15-10-12-20(13-11-15)18(21)23-19(3,4)5;1-2/h6-10,14H,11-13H2,1-5H3;1-2H3. The van der Waals surface area contributed by atoms with Crippen LogP contribution in [0.2, 0.25) is 0 Å². The Morgan fingerprint density at radius 2 is 1.80 bits per heavy atom. The molecule has 0 N–H and O–H groups in total. The summed E-state index contributed by atoms with van der Waals surface area (Å²) >= 11 is 0. The number of hydrogen-bond acceptors (Lipinski definition) is 3. The van der Waals surface area contributed by atoms with Gasteiger partial charge in [0.25, 0.3) is 0 Å². The first-order valence-electron chi connectivity index (χ1n) is 9.19. The molecule has 0 aliphatic carbocycles. The van der Waals surface area contributed by atoms with Crippen LogP contribution in [0.4, 0.5) is 4.79 Å². The van der Waals surface area contributed by atoms with Crippen LogP contribution in [0.1, 0.15) is 60.5 Å². The van der Waals surface area contributed by atoms with E-state index in [-0.39, 0.29) is 12.2 Å². The Morgan fingerprint density at radius 1 is 1.16 bits per heavy atom. The van der Waals surface area contributed by atoms with E-state index in [0.717, 1.165) is 17.7 Å². The smallest absolute Gasteiger partial charge is 0.410 e. The topological polar surface area (TPSA) is 38.8 Å². The van der Waals surface area contributed by atoms with E-state index in [2.05, 4.69) is 12.1 Å². The number of hydrogen-bond donors (Lipinski definition) is 0. The molecule has 0 bridgehead atoms. The van der Waals surface area contributed by atoms with Gasteiger partial charge in [-0.25, -0.2) is 4.79 Å². The van der Waals surface area contributed by atoms with Crippen molar-refractivity contribution in [2.24, 2.45) is 0 Å². The van der Waals surface area contributed by atoms with Gasteiger partial charge in [0, 0.05) is 18.7 Å². The molecule has 0 saturated carbocycles. The van der Waals surface area contributed by atoms with Crippen molar-refractivity contribution < 1.29 is 14.3 Å². The monoisotopic (exact) mass is 347 g/mol. The molecule has 4 nitrogen and oxygen atoms in total. The van der Waals surface area contributed by atoms with Gasteiger partial charge in [-0.2, -0.15) is 0 Å². The van der Waals surface area contributed by atoms with Crippen LogP contribution in [0, 0.1) is 0 Å². The minimum Gasteiger partial charge on any atom is -0.490 e. The molecule has 25 heavy (non-hydrogen) atoms. The Bertz CT molecular complexity index is 585. The molecule has 140 valence electrons. The van der Waals surface area contributed by atoms with Crippen LogP contribution in [0.15, 0.2) is 30.3 Å². The molecule has 2 rings (SSSR count). The lowest BCUT2D eigenvalue weighted by molar-refractivity contribution is 0.0270. The molecule has 1 aliphatic heterocycles. The quantitative estimate of drug-likeness (QED) is 0.722. The summed E-state index contributed by atoms with van der Waals surface area (Å²) in [6, 6.07) is 8.07. The zero-order valence-electron chi connectivity index (χ0n) is 16.8. The number of amides is 1.